The van der Waals surface area contributed by atoms with Crippen molar-refractivity contribution in [3.63, 3.8) is 0 Å². The van der Waals surface area contributed by atoms with Crippen molar-refractivity contribution in [1.29, 1.82) is 0 Å². The molecule has 0 aromatic heterocycles. The Morgan fingerprint density at radius 1 is 1.47 bits per heavy atom. The van der Waals surface area contributed by atoms with E-state index >= 15 is 0 Å². The van der Waals surface area contributed by atoms with Gasteiger partial charge in [-0.25, -0.2) is 13.1 Å². The summed E-state index contributed by atoms with van der Waals surface area (Å²) in [7, 11) is -3.86. The van der Waals surface area contributed by atoms with Crippen molar-refractivity contribution in [2.24, 2.45) is 0 Å². The van der Waals surface area contributed by atoms with Crippen LogP contribution in [-0.2, 0) is 10.0 Å². The molecule has 1 aromatic carbocycles. The Morgan fingerprint density at radius 2 is 2.21 bits per heavy atom. The van der Waals surface area contributed by atoms with E-state index in [-0.39, 0.29) is 21.6 Å². The van der Waals surface area contributed by atoms with Gasteiger partial charge in [0.25, 0.3) is 5.69 Å². The standard InChI is InChI=1S/C10H12ClN3O4S/c11-9-2-1-8(14(15)16)5-10(9)19(17,18)13-7-3-4-12-6-7/h1-2,5,7,12-13H,3-4,6H2/t7-/m1/s1. The van der Waals surface area contributed by atoms with Crippen LogP contribution < -0.4 is 10.0 Å². The van der Waals surface area contributed by atoms with E-state index in [9.17, 15) is 18.5 Å². The molecule has 0 amide bonds. The van der Waals surface area contributed by atoms with Gasteiger partial charge < -0.3 is 5.32 Å². The third-order valence-corrected chi connectivity index (χ3v) is 4.80. The molecule has 0 spiro atoms. The number of nitrogens with one attached hydrogen (secondary N) is 2. The van der Waals surface area contributed by atoms with Crippen LogP contribution in [0, 0.1) is 10.1 Å². The number of sulfonamides is 1. The third kappa shape index (κ3) is 3.21. The van der Waals surface area contributed by atoms with Gasteiger partial charge in [0, 0.05) is 24.7 Å². The number of non-ortho nitro benzene ring substituents is 1. The van der Waals surface area contributed by atoms with E-state index in [0.29, 0.717) is 13.0 Å². The van der Waals surface area contributed by atoms with Crippen LogP contribution in [0.4, 0.5) is 5.69 Å². The summed E-state index contributed by atoms with van der Waals surface area (Å²) in [6.45, 7) is 1.27. The molecular weight excluding hydrogens is 294 g/mol. The molecule has 0 aliphatic carbocycles. The van der Waals surface area contributed by atoms with E-state index in [4.69, 9.17) is 11.6 Å². The van der Waals surface area contributed by atoms with Crippen LogP contribution in [0.15, 0.2) is 23.1 Å². The second-order valence-corrected chi connectivity index (χ2v) is 6.27. The first-order valence-electron chi connectivity index (χ1n) is 5.57. The number of rotatable bonds is 4. The Kier molecular flexibility index (Phi) is 4.04. The lowest BCUT2D eigenvalue weighted by Crippen LogP contribution is -2.36. The maximum Gasteiger partial charge on any atom is 0.270 e. The van der Waals surface area contributed by atoms with Gasteiger partial charge in [-0.1, -0.05) is 11.6 Å². The molecule has 0 unspecified atom stereocenters. The minimum Gasteiger partial charge on any atom is -0.315 e. The highest BCUT2D eigenvalue weighted by Gasteiger charge is 2.26. The van der Waals surface area contributed by atoms with Gasteiger partial charge in [0.05, 0.1) is 9.95 Å². The maximum atomic E-state index is 12.1. The summed E-state index contributed by atoms with van der Waals surface area (Å²) in [5.74, 6) is 0. The lowest BCUT2D eigenvalue weighted by atomic mass is 10.3. The Balaban J connectivity index is 2.33. The fraction of sp³-hybridized carbons (Fsp3) is 0.400. The summed E-state index contributed by atoms with van der Waals surface area (Å²) in [6.07, 6.45) is 0.672. The predicted octanol–water partition coefficient (Wildman–Crippen LogP) is 0.888. The van der Waals surface area contributed by atoms with Crippen molar-refractivity contribution in [3.05, 3.63) is 33.3 Å². The van der Waals surface area contributed by atoms with Gasteiger partial charge in [-0.2, -0.15) is 0 Å². The molecule has 1 aliphatic heterocycles. The first-order chi connectivity index (χ1) is 8.90. The molecule has 1 heterocycles. The Labute approximate surface area is 115 Å². The molecule has 2 N–H and O–H groups in total. The lowest BCUT2D eigenvalue weighted by Gasteiger charge is -2.12. The minimum atomic E-state index is -3.86. The van der Waals surface area contributed by atoms with Crippen LogP contribution in [-0.4, -0.2) is 32.5 Å². The number of hydrogen-bond acceptors (Lipinski definition) is 5. The summed E-state index contributed by atoms with van der Waals surface area (Å²) < 4.78 is 26.8. The van der Waals surface area contributed by atoms with Crippen LogP contribution in [0.5, 0.6) is 0 Å². The highest BCUT2D eigenvalue weighted by atomic mass is 35.5. The predicted molar refractivity (Wildman–Crippen MR) is 69.7 cm³/mol. The van der Waals surface area contributed by atoms with Crippen molar-refractivity contribution in [2.45, 2.75) is 17.4 Å². The van der Waals surface area contributed by atoms with Gasteiger partial charge in [0.1, 0.15) is 4.90 Å². The van der Waals surface area contributed by atoms with E-state index in [2.05, 4.69) is 10.0 Å². The molecule has 9 heteroatoms. The van der Waals surface area contributed by atoms with E-state index in [1.165, 1.54) is 12.1 Å². The molecule has 19 heavy (non-hydrogen) atoms. The molecule has 2 rings (SSSR count). The summed E-state index contributed by atoms with van der Waals surface area (Å²) in [5.41, 5.74) is -0.311. The van der Waals surface area contributed by atoms with Crippen LogP contribution in [0.1, 0.15) is 6.42 Å². The molecule has 7 nitrogen and oxygen atoms in total. The Hall–Kier alpha value is -1.22. The smallest absolute Gasteiger partial charge is 0.270 e. The largest absolute Gasteiger partial charge is 0.315 e. The monoisotopic (exact) mass is 305 g/mol. The second kappa shape index (κ2) is 5.41. The molecular formula is C10H12ClN3O4S. The zero-order chi connectivity index (χ0) is 14.0. The summed E-state index contributed by atoms with van der Waals surface area (Å²) >= 11 is 5.81. The first-order valence-corrected chi connectivity index (χ1v) is 7.43. The number of benzene rings is 1. The molecule has 1 saturated heterocycles. The van der Waals surface area contributed by atoms with E-state index in [1.54, 1.807) is 0 Å². The topological polar surface area (TPSA) is 101 Å². The Morgan fingerprint density at radius 3 is 2.79 bits per heavy atom. The van der Waals surface area contributed by atoms with Gasteiger partial charge >= 0.3 is 0 Å². The van der Waals surface area contributed by atoms with Gasteiger partial charge in [-0.3, -0.25) is 10.1 Å². The van der Waals surface area contributed by atoms with Crippen molar-refractivity contribution in [1.82, 2.24) is 10.0 Å². The lowest BCUT2D eigenvalue weighted by molar-refractivity contribution is -0.385. The molecule has 0 saturated carbocycles. The summed E-state index contributed by atoms with van der Waals surface area (Å²) in [6, 6.07) is 3.12. The van der Waals surface area contributed by atoms with Crippen molar-refractivity contribution < 1.29 is 13.3 Å². The van der Waals surface area contributed by atoms with E-state index in [0.717, 1.165) is 12.6 Å². The number of nitro groups is 1. The van der Waals surface area contributed by atoms with Crippen LogP contribution >= 0.6 is 11.6 Å². The van der Waals surface area contributed by atoms with Crippen LogP contribution in [0.2, 0.25) is 5.02 Å². The number of nitro benzene ring substituents is 1. The average Bonchev–Trinajstić information content (AvgIpc) is 2.81. The minimum absolute atomic E-state index is 0.0379. The van der Waals surface area contributed by atoms with Crippen LogP contribution in [0.3, 0.4) is 0 Å². The van der Waals surface area contributed by atoms with Crippen molar-refractivity contribution in [2.75, 3.05) is 13.1 Å². The molecule has 1 aromatic rings. The average molecular weight is 306 g/mol. The van der Waals surface area contributed by atoms with E-state index < -0.39 is 14.9 Å². The van der Waals surface area contributed by atoms with Gasteiger partial charge in [-0.15, -0.1) is 0 Å². The number of hydrogen-bond donors (Lipinski definition) is 2. The molecule has 0 radical (unpaired) electrons. The highest BCUT2D eigenvalue weighted by Crippen LogP contribution is 2.26. The summed E-state index contributed by atoms with van der Waals surface area (Å²) in [5, 5.41) is 13.7. The maximum absolute atomic E-state index is 12.1. The number of nitrogens with zero attached hydrogens (tertiary/aromatic N) is 1. The Bertz CT molecular complexity index is 599. The van der Waals surface area contributed by atoms with Crippen LogP contribution in [0.25, 0.3) is 0 Å². The molecule has 1 atom stereocenters. The highest BCUT2D eigenvalue weighted by molar-refractivity contribution is 7.89. The molecule has 1 aliphatic rings. The van der Waals surface area contributed by atoms with E-state index in [1.807, 2.05) is 0 Å². The quantitative estimate of drug-likeness (QED) is 0.635. The number of halogens is 1. The van der Waals surface area contributed by atoms with Gasteiger partial charge in [-0.05, 0) is 19.0 Å². The third-order valence-electron chi connectivity index (χ3n) is 2.80. The van der Waals surface area contributed by atoms with Gasteiger partial charge in [0.15, 0.2) is 0 Å². The van der Waals surface area contributed by atoms with Gasteiger partial charge in [0.2, 0.25) is 10.0 Å². The zero-order valence-corrected chi connectivity index (χ0v) is 11.4. The molecule has 0 bridgehead atoms. The molecule has 1 fully saturated rings. The first kappa shape index (κ1) is 14.2. The van der Waals surface area contributed by atoms with Crippen molar-refractivity contribution in [3.8, 4) is 0 Å². The summed E-state index contributed by atoms with van der Waals surface area (Å²) in [4.78, 5) is 9.74. The fourth-order valence-electron chi connectivity index (χ4n) is 1.85. The second-order valence-electron chi connectivity index (χ2n) is 4.18. The fourth-order valence-corrected chi connectivity index (χ4v) is 3.64. The molecule has 104 valence electrons. The zero-order valence-electron chi connectivity index (χ0n) is 9.80. The van der Waals surface area contributed by atoms with Crippen molar-refractivity contribution >= 4 is 27.3 Å². The normalized spacial score (nSPS) is 19.5. The SMILES string of the molecule is O=[N+]([O-])c1ccc(Cl)c(S(=O)(=O)N[C@@H]2CCNC2)c1.